The van der Waals surface area contributed by atoms with Crippen molar-refractivity contribution in [2.75, 3.05) is 31.5 Å². The summed E-state index contributed by atoms with van der Waals surface area (Å²) in [7, 11) is -3.79. The number of pyridine rings is 1. The lowest BCUT2D eigenvalue weighted by molar-refractivity contribution is 0.0955. The van der Waals surface area contributed by atoms with Crippen LogP contribution in [0.4, 0.5) is 5.82 Å². The van der Waals surface area contributed by atoms with E-state index in [-0.39, 0.29) is 22.0 Å². The minimum atomic E-state index is -3.79. The number of carbonyl (C=O) groups excluding carboxylic acids is 1. The highest BCUT2D eigenvalue weighted by atomic mass is 35.5. The van der Waals surface area contributed by atoms with Crippen molar-refractivity contribution >= 4 is 33.3 Å². The Morgan fingerprint density at radius 1 is 1.24 bits per heavy atom. The van der Waals surface area contributed by atoms with Crippen LogP contribution in [0, 0.1) is 11.3 Å². The molecule has 2 rings (SSSR count). The topological polar surface area (TPSA) is 115 Å². The maximum absolute atomic E-state index is 12.7. The minimum Gasteiger partial charge on any atom is -0.367 e. The molecule has 0 saturated heterocycles. The molecule has 0 spiro atoms. The van der Waals surface area contributed by atoms with Gasteiger partial charge in [0.15, 0.2) is 0 Å². The minimum absolute atomic E-state index is 0.0642. The summed E-state index contributed by atoms with van der Waals surface area (Å²) in [5.74, 6) is 0.00401. The number of nitrogens with one attached hydrogen (secondary N) is 2. The lowest BCUT2D eigenvalue weighted by atomic mass is 10.2. The summed E-state index contributed by atoms with van der Waals surface area (Å²) in [6.07, 6.45) is 1.56. The molecule has 154 valence electrons. The molecule has 0 saturated carbocycles. The number of hydrogen-bond acceptors (Lipinski definition) is 6. The number of anilines is 1. The zero-order chi connectivity index (χ0) is 21.4. The van der Waals surface area contributed by atoms with E-state index in [1.165, 1.54) is 22.5 Å². The number of carbonyl (C=O) groups is 1. The van der Waals surface area contributed by atoms with Gasteiger partial charge < -0.3 is 10.6 Å². The molecular weight excluding hydrogens is 414 g/mol. The molecule has 2 aromatic rings. The van der Waals surface area contributed by atoms with Gasteiger partial charge in [0.1, 0.15) is 16.8 Å². The third-order valence-electron chi connectivity index (χ3n) is 4.15. The molecule has 29 heavy (non-hydrogen) atoms. The van der Waals surface area contributed by atoms with Crippen LogP contribution >= 0.6 is 11.6 Å². The first-order chi connectivity index (χ1) is 13.8. The number of halogens is 1. The second kappa shape index (κ2) is 10.2. The number of aromatic nitrogens is 1. The number of nitrogens with zero attached hydrogens (tertiary/aromatic N) is 3. The normalized spacial score (nSPS) is 11.1. The van der Waals surface area contributed by atoms with Crippen molar-refractivity contribution in [3.8, 4) is 6.07 Å². The first kappa shape index (κ1) is 22.6. The first-order valence-corrected chi connectivity index (χ1v) is 10.8. The van der Waals surface area contributed by atoms with Crippen LogP contribution in [0.15, 0.2) is 41.4 Å². The van der Waals surface area contributed by atoms with Crippen molar-refractivity contribution in [3.05, 3.63) is 52.7 Å². The summed E-state index contributed by atoms with van der Waals surface area (Å²) in [5.41, 5.74) is 0.596. The van der Waals surface area contributed by atoms with E-state index in [0.717, 1.165) is 0 Å². The van der Waals surface area contributed by atoms with Gasteiger partial charge in [-0.1, -0.05) is 25.4 Å². The van der Waals surface area contributed by atoms with Gasteiger partial charge in [0, 0.05) is 37.9 Å². The molecule has 0 unspecified atom stereocenters. The standard InChI is InChI=1S/C19H22ClN5O3S/c1-3-25(4-2)29(27,28)17-12-14(7-8-16(17)20)19(26)24-11-10-23-18-15(13-21)6-5-9-22-18/h5-9,12H,3-4,10-11H2,1-2H3,(H,22,23)(H,24,26). The summed E-state index contributed by atoms with van der Waals surface area (Å²) in [6.45, 7) is 4.66. The Balaban J connectivity index is 2.06. The third-order valence-corrected chi connectivity index (χ3v) is 6.68. The Morgan fingerprint density at radius 2 is 1.97 bits per heavy atom. The van der Waals surface area contributed by atoms with E-state index in [1.54, 1.807) is 32.2 Å². The summed E-state index contributed by atoms with van der Waals surface area (Å²) < 4.78 is 26.7. The Labute approximate surface area is 175 Å². The molecule has 0 bridgehead atoms. The molecule has 0 radical (unpaired) electrons. The quantitative estimate of drug-likeness (QED) is 0.584. The predicted octanol–water partition coefficient (Wildman–Crippen LogP) is 2.48. The lowest BCUT2D eigenvalue weighted by Crippen LogP contribution is -2.32. The van der Waals surface area contributed by atoms with Crippen LogP contribution < -0.4 is 10.6 Å². The molecule has 8 nitrogen and oxygen atoms in total. The van der Waals surface area contributed by atoms with E-state index in [4.69, 9.17) is 16.9 Å². The van der Waals surface area contributed by atoms with Gasteiger partial charge in [0.25, 0.3) is 5.91 Å². The van der Waals surface area contributed by atoms with Gasteiger partial charge in [0.2, 0.25) is 10.0 Å². The fourth-order valence-electron chi connectivity index (χ4n) is 2.64. The van der Waals surface area contributed by atoms with Crippen LogP contribution in [-0.4, -0.2) is 49.8 Å². The smallest absolute Gasteiger partial charge is 0.251 e. The number of rotatable bonds is 9. The van der Waals surface area contributed by atoms with E-state index in [1.807, 2.05) is 6.07 Å². The average molecular weight is 436 g/mol. The number of amides is 1. The summed E-state index contributed by atoms with van der Waals surface area (Å²) >= 11 is 6.09. The molecule has 1 aromatic carbocycles. The highest BCUT2D eigenvalue weighted by molar-refractivity contribution is 7.89. The van der Waals surface area contributed by atoms with Crippen molar-refractivity contribution in [1.82, 2.24) is 14.6 Å². The number of sulfonamides is 1. The molecule has 0 atom stereocenters. The molecule has 1 aromatic heterocycles. The largest absolute Gasteiger partial charge is 0.367 e. The van der Waals surface area contributed by atoms with Crippen molar-refractivity contribution < 1.29 is 13.2 Å². The van der Waals surface area contributed by atoms with E-state index >= 15 is 0 Å². The van der Waals surface area contributed by atoms with Crippen LogP contribution in [0.3, 0.4) is 0 Å². The number of nitriles is 1. The highest BCUT2D eigenvalue weighted by Gasteiger charge is 2.25. The van der Waals surface area contributed by atoms with Gasteiger partial charge in [0.05, 0.1) is 10.6 Å². The van der Waals surface area contributed by atoms with Crippen LogP contribution in [0.5, 0.6) is 0 Å². The Kier molecular flexibility index (Phi) is 7.96. The van der Waals surface area contributed by atoms with Crippen molar-refractivity contribution in [1.29, 1.82) is 5.26 Å². The van der Waals surface area contributed by atoms with Crippen molar-refractivity contribution in [2.24, 2.45) is 0 Å². The molecule has 0 aliphatic rings. The van der Waals surface area contributed by atoms with Gasteiger partial charge in [-0.15, -0.1) is 0 Å². The summed E-state index contributed by atoms with van der Waals surface area (Å²) in [6, 6.07) is 9.49. The van der Waals surface area contributed by atoms with Gasteiger partial charge in [-0.2, -0.15) is 9.57 Å². The molecule has 0 aliphatic heterocycles. The van der Waals surface area contributed by atoms with E-state index in [2.05, 4.69) is 15.6 Å². The number of hydrogen-bond donors (Lipinski definition) is 2. The van der Waals surface area contributed by atoms with Crippen molar-refractivity contribution in [2.45, 2.75) is 18.7 Å². The summed E-state index contributed by atoms with van der Waals surface area (Å²) in [5, 5.41) is 14.8. The molecular formula is C19H22ClN5O3S. The van der Waals surface area contributed by atoms with Crippen LogP contribution in [0.25, 0.3) is 0 Å². The zero-order valence-corrected chi connectivity index (χ0v) is 17.7. The molecule has 1 heterocycles. The first-order valence-electron chi connectivity index (χ1n) is 9.02. The lowest BCUT2D eigenvalue weighted by Gasteiger charge is -2.19. The van der Waals surface area contributed by atoms with E-state index in [9.17, 15) is 13.2 Å². The zero-order valence-electron chi connectivity index (χ0n) is 16.1. The van der Waals surface area contributed by atoms with Crippen LogP contribution in [0.2, 0.25) is 5.02 Å². The maximum Gasteiger partial charge on any atom is 0.251 e. The van der Waals surface area contributed by atoms with E-state index < -0.39 is 15.9 Å². The fourth-order valence-corrected chi connectivity index (χ4v) is 4.60. The number of benzene rings is 1. The SMILES string of the molecule is CCN(CC)S(=O)(=O)c1cc(C(=O)NCCNc2ncccc2C#N)ccc1Cl. The second-order valence-corrected chi connectivity index (χ2v) is 8.24. The van der Waals surface area contributed by atoms with Crippen LogP contribution in [0.1, 0.15) is 29.8 Å². The van der Waals surface area contributed by atoms with Gasteiger partial charge >= 0.3 is 0 Å². The average Bonchev–Trinajstić information content (AvgIpc) is 2.72. The molecule has 0 fully saturated rings. The Hall–Kier alpha value is -2.67. The fraction of sp³-hybridized carbons (Fsp3) is 0.316. The van der Waals surface area contributed by atoms with Crippen molar-refractivity contribution in [3.63, 3.8) is 0 Å². The maximum atomic E-state index is 12.7. The summed E-state index contributed by atoms with van der Waals surface area (Å²) in [4.78, 5) is 16.4. The Morgan fingerprint density at radius 3 is 2.62 bits per heavy atom. The molecule has 2 N–H and O–H groups in total. The van der Waals surface area contributed by atoms with Gasteiger partial charge in [-0.05, 0) is 30.3 Å². The van der Waals surface area contributed by atoms with Gasteiger partial charge in [-0.3, -0.25) is 4.79 Å². The second-order valence-electron chi connectivity index (χ2n) is 5.93. The predicted molar refractivity (Wildman–Crippen MR) is 111 cm³/mol. The Bertz CT molecular complexity index is 1020. The van der Waals surface area contributed by atoms with Crippen LogP contribution in [-0.2, 0) is 10.0 Å². The highest BCUT2D eigenvalue weighted by Crippen LogP contribution is 2.25. The molecule has 0 aliphatic carbocycles. The van der Waals surface area contributed by atoms with E-state index in [0.29, 0.717) is 31.0 Å². The van der Waals surface area contributed by atoms with Gasteiger partial charge in [-0.25, -0.2) is 13.4 Å². The molecule has 10 heteroatoms. The third kappa shape index (κ3) is 5.44. The monoisotopic (exact) mass is 435 g/mol. The molecule has 1 amide bonds.